The van der Waals surface area contributed by atoms with Gasteiger partial charge in [0.05, 0.1) is 17.8 Å². The second-order valence-electron chi connectivity index (χ2n) is 7.14. The molecule has 0 aliphatic carbocycles. The molecule has 160 valence electrons. The van der Waals surface area contributed by atoms with Crippen LogP contribution in [0.1, 0.15) is 28.2 Å². The third-order valence-electron chi connectivity index (χ3n) is 5.02. The summed E-state index contributed by atoms with van der Waals surface area (Å²) in [6, 6.07) is 13.8. The average Bonchev–Trinajstić information content (AvgIpc) is 3.33. The molecular weight excluding hydrogens is 496 g/mol. The number of thiocarbonyl (C=S) groups is 1. The molecule has 6 nitrogen and oxygen atoms in total. The van der Waals surface area contributed by atoms with Crippen LogP contribution < -0.4 is 15.5 Å². The molecule has 0 bridgehead atoms. The van der Waals surface area contributed by atoms with Gasteiger partial charge >= 0.3 is 0 Å². The van der Waals surface area contributed by atoms with Crippen LogP contribution >= 0.6 is 39.5 Å². The van der Waals surface area contributed by atoms with E-state index < -0.39 is 0 Å². The summed E-state index contributed by atoms with van der Waals surface area (Å²) in [4.78, 5) is 19.8. The summed E-state index contributed by atoms with van der Waals surface area (Å²) in [7, 11) is 1.50. The third kappa shape index (κ3) is 4.64. The Bertz CT molecular complexity index is 1110. The lowest BCUT2D eigenvalue weighted by Crippen LogP contribution is -2.29. The van der Waals surface area contributed by atoms with Crippen LogP contribution in [0.4, 0.5) is 11.4 Å². The van der Waals surface area contributed by atoms with Crippen LogP contribution in [-0.4, -0.2) is 29.7 Å². The molecule has 0 unspecified atom stereocenters. The lowest BCUT2D eigenvalue weighted by molar-refractivity contribution is -0.119. The molecule has 0 spiro atoms. The zero-order chi connectivity index (χ0) is 22.0. The number of carbonyl (C=O) groups is 1. The molecule has 2 atom stereocenters. The van der Waals surface area contributed by atoms with Gasteiger partial charge in [-0.25, -0.2) is 0 Å². The molecule has 1 amide bonds. The van der Waals surface area contributed by atoms with E-state index in [-0.39, 0.29) is 24.6 Å². The standard InChI is InChI=1S/C22H21BrN4O2S2/c1-13-9-15(6-7-16(13)25-19(28)11-29-2)27-21(18-10-14(23)12-31-18)20(26-22(27)30)17-5-3-4-8-24-17/h3-10,12,20-21H,11H2,1-2H3,(H,25,28)(H,26,30)/t20-,21+/m0/s1. The van der Waals surface area contributed by atoms with Crippen LogP contribution in [0, 0.1) is 6.92 Å². The number of carbonyl (C=O) groups excluding carboxylic acids is 1. The Morgan fingerprint density at radius 2 is 2.19 bits per heavy atom. The normalized spacial score (nSPS) is 18.2. The number of amides is 1. The maximum Gasteiger partial charge on any atom is 0.250 e. The Labute approximate surface area is 198 Å². The number of hydrogen-bond acceptors (Lipinski definition) is 5. The first kappa shape index (κ1) is 21.9. The van der Waals surface area contributed by atoms with Crippen molar-refractivity contribution in [3.05, 3.63) is 74.6 Å². The number of rotatable bonds is 6. The monoisotopic (exact) mass is 516 g/mol. The van der Waals surface area contributed by atoms with Crippen molar-refractivity contribution in [3.63, 3.8) is 0 Å². The molecule has 1 aliphatic rings. The SMILES string of the molecule is COCC(=O)Nc1ccc(N2C(=S)N[C@@H](c3ccccn3)[C@H]2c2cc(Br)cs2)cc1C. The Balaban J connectivity index is 1.71. The van der Waals surface area contributed by atoms with E-state index in [9.17, 15) is 4.79 Å². The van der Waals surface area contributed by atoms with E-state index in [1.165, 1.54) is 12.0 Å². The fourth-order valence-electron chi connectivity index (χ4n) is 3.66. The Hall–Kier alpha value is -2.33. The molecule has 2 aromatic heterocycles. The van der Waals surface area contributed by atoms with Crippen molar-refractivity contribution >= 4 is 61.9 Å². The number of benzene rings is 1. The highest BCUT2D eigenvalue weighted by molar-refractivity contribution is 9.10. The second-order valence-corrected chi connectivity index (χ2v) is 9.39. The van der Waals surface area contributed by atoms with Gasteiger partial charge in [-0.15, -0.1) is 11.3 Å². The van der Waals surface area contributed by atoms with Crippen LogP contribution in [0.2, 0.25) is 0 Å². The van der Waals surface area contributed by atoms with Gasteiger partial charge in [-0.3, -0.25) is 9.78 Å². The molecule has 1 aliphatic heterocycles. The van der Waals surface area contributed by atoms with E-state index in [4.69, 9.17) is 17.0 Å². The number of halogens is 1. The number of ether oxygens (including phenoxy) is 1. The first-order valence-corrected chi connectivity index (χ1v) is 11.7. The maximum absolute atomic E-state index is 11.9. The zero-order valence-corrected chi connectivity index (χ0v) is 20.2. The summed E-state index contributed by atoms with van der Waals surface area (Å²) < 4.78 is 5.94. The fourth-order valence-corrected chi connectivity index (χ4v) is 5.58. The largest absolute Gasteiger partial charge is 0.375 e. The minimum Gasteiger partial charge on any atom is -0.375 e. The molecule has 0 saturated carbocycles. The summed E-state index contributed by atoms with van der Waals surface area (Å²) in [5.74, 6) is -0.187. The summed E-state index contributed by atoms with van der Waals surface area (Å²) in [6.07, 6.45) is 1.80. The molecule has 2 N–H and O–H groups in total. The highest BCUT2D eigenvalue weighted by atomic mass is 79.9. The predicted octanol–water partition coefficient (Wildman–Crippen LogP) is 4.98. The van der Waals surface area contributed by atoms with Crippen LogP contribution in [0.15, 0.2) is 58.5 Å². The van der Waals surface area contributed by atoms with E-state index in [1.54, 1.807) is 17.5 Å². The molecule has 4 rings (SSSR count). The van der Waals surface area contributed by atoms with Gasteiger partial charge in [-0.05, 0) is 77.0 Å². The topological polar surface area (TPSA) is 66.5 Å². The lowest BCUT2D eigenvalue weighted by atomic mass is 10.0. The van der Waals surface area contributed by atoms with E-state index in [1.807, 2.05) is 43.3 Å². The van der Waals surface area contributed by atoms with Crippen LogP contribution in [0.5, 0.6) is 0 Å². The van der Waals surface area contributed by atoms with Crippen LogP contribution in [0.25, 0.3) is 0 Å². The van der Waals surface area contributed by atoms with E-state index >= 15 is 0 Å². The smallest absolute Gasteiger partial charge is 0.250 e. The van der Waals surface area contributed by atoms with Crippen LogP contribution in [0.3, 0.4) is 0 Å². The first-order valence-electron chi connectivity index (χ1n) is 9.62. The summed E-state index contributed by atoms with van der Waals surface area (Å²) in [5.41, 5.74) is 3.58. The summed E-state index contributed by atoms with van der Waals surface area (Å²) in [5, 5.41) is 9.05. The lowest BCUT2D eigenvalue weighted by Gasteiger charge is -2.27. The van der Waals surface area contributed by atoms with Gasteiger partial charge in [-0.2, -0.15) is 0 Å². The number of methoxy groups -OCH3 is 1. The molecule has 1 fully saturated rings. The van der Waals surface area contributed by atoms with Gasteiger partial charge in [0.15, 0.2) is 5.11 Å². The Morgan fingerprint density at radius 3 is 2.84 bits per heavy atom. The average molecular weight is 517 g/mol. The quantitative estimate of drug-likeness (QED) is 0.450. The van der Waals surface area contributed by atoms with Gasteiger partial charge in [-0.1, -0.05) is 6.07 Å². The minimum absolute atomic E-state index is 0.0163. The highest BCUT2D eigenvalue weighted by Crippen LogP contribution is 2.44. The van der Waals surface area contributed by atoms with Crippen molar-refractivity contribution in [2.45, 2.75) is 19.0 Å². The second kappa shape index (κ2) is 9.44. The van der Waals surface area contributed by atoms with Crippen molar-refractivity contribution in [2.24, 2.45) is 0 Å². The van der Waals surface area contributed by atoms with E-state index in [0.29, 0.717) is 5.11 Å². The Kier molecular flexibility index (Phi) is 6.66. The van der Waals surface area contributed by atoms with Crippen molar-refractivity contribution < 1.29 is 9.53 Å². The molecule has 9 heteroatoms. The van der Waals surface area contributed by atoms with Gasteiger partial charge in [0.2, 0.25) is 5.91 Å². The van der Waals surface area contributed by atoms with E-state index in [2.05, 4.69) is 47.9 Å². The zero-order valence-electron chi connectivity index (χ0n) is 17.0. The first-order chi connectivity index (χ1) is 15.0. The number of aromatic nitrogens is 1. The number of anilines is 2. The van der Waals surface area contributed by atoms with Gasteiger partial charge in [0.1, 0.15) is 6.61 Å². The molecule has 0 radical (unpaired) electrons. The van der Waals surface area contributed by atoms with Crippen molar-refractivity contribution in [1.29, 1.82) is 0 Å². The number of aryl methyl sites for hydroxylation is 1. The van der Waals surface area contributed by atoms with Gasteiger partial charge < -0.3 is 20.3 Å². The molecule has 31 heavy (non-hydrogen) atoms. The summed E-state index contributed by atoms with van der Waals surface area (Å²) in [6.45, 7) is 1.98. The predicted molar refractivity (Wildman–Crippen MR) is 132 cm³/mol. The minimum atomic E-state index is -0.187. The maximum atomic E-state index is 11.9. The molecular formula is C22H21BrN4O2S2. The van der Waals surface area contributed by atoms with Crippen molar-refractivity contribution in [1.82, 2.24) is 10.3 Å². The number of pyridine rings is 1. The van der Waals surface area contributed by atoms with Gasteiger partial charge in [0, 0.05) is 39.4 Å². The number of nitrogens with one attached hydrogen (secondary N) is 2. The van der Waals surface area contributed by atoms with Crippen molar-refractivity contribution in [2.75, 3.05) is 23.9 Å². The number of nitrogens with zero attached hydrogens (tertiary/aromatic N) is 2. The third-order valence-corrected chi connectivity index (χ3v) is 7.09. The fraction of sp³-hybridized carbons (Fsp3) is 0.227. The van der Waals surface area contributed by atoms with Crippen LogP contribution in [-0.2, 0) is 9.53 Å². The number of thiophene rings is 1. The molecule has 1 saturated heterocycles. The molecule has 1 aromatic carbocycles. The number of hydrogen-bond donors (Lipinski definition) is 2. The Morgan fingerprint density at radius 1 is 1.35 bits per heavy atom. The van der Waals surface area contributed by atoms with Gasteiger partial charge in [0.25, 0.3) is 0 Å². The summed E-state index contributed by atoms with van der Waals surface area (Å²) >= 11 is 11.0. The highest BCUT2D eigenvalue weighted by Gasteiger charge is 2.41. The van der Waals surface area contributed by atoms with E-state index in [0.717, 1.165) is 27.1 Å². The van der Waals surface area contributed by atoms with Crippen molar-refractivity contribution in [3.8, 4) is 0 Å². The molecule has 3 heterocycles. The molecule has 3 aromatic rings.